The minimum Gasteiger partial charge on any atom is -0.391 e. The summed E-state index contributed by atoms with van der Waals surface area (Å²) in [7, 11) is 0. The Morgan fingerprint density at radius 2 is 2.29 bits per heavy atom. The molecule has 0 saturated heterocycles. The third-order valence-corrected chi connectivity index (χ3v) is 3.08. The first kappa shape index (κ1) is 12.0. The van der Waals surface area contributed by atoms with Crippen molar-refractivity contribution in [2.24, 2.45) is 5.92 Å². The molecule has 17 heavy (non-hydrogen) atoms. The second-order valence-corrected chi connectivity index (χ2v) is 4.57. The van der Waals surface area contributed by atoms with Crippen LogP contribution in [0.1, 0.15) is 28.8 Å². The maximum Gasteiger partial charge on any atom is 0.251 e. The van der Waals surface area contributed by atoms with Gasteiger partial charge in [-0.2, -0.15) is 0 Å². The Morgan fingerprint density at radius 1 is 1.59 bits per heavy atom. The molecule has 1 aliphatic rings. The molecule has 92 valence electrons. The maximum atomic E-state index is 13.0. The zero-order valence-electron chi connectivity index (χ0n) is 9.74. The normalized spacial score (nSPS) is 16.6. The summed E-state index contributed by atoms with van der Waals surface area (Å²) in [6.07, 6.45) is 1.57. The Labute approximate surface area is 99.7 Å². The summed E-state index contributed by atoms with van der Waals surface area (Å²) in [4.78, 5) is 11.8. The molecule has 0 bridgehead atoms. The van der Waals surface area contributed by atoms with Crippen LogP contribution in [0, 0.1) is 18.7 Å². The predicted octanol–water partition coefficient (Wildman–Crippen LogP) is 1.63. The summed E-state index contributed by atoms with van der Waals surface area (Å²) >= 11 is 0. The van der Waals surface area contributed by atoms with Crippen LogP contribution in [0.2, 0.25) is 0 Å². The van der Waals surface area contributed by atoms with Crippen LogP contribution in [0.25, 0.3) is 0 Å². The van der Waals surface area contributed by atoms with E-state index in [2.05, 4.69) is 5.32 Å². The maximum absolute atomic E-state index is 13.0. The van der Waals surface area contributed by atoms with Crippen molar-refractivity contribution in [3.63, 3.8) is 0 Å². The lowest BCUT2D eigenvalue weighted by Gasteiger charge is -2.11. The summed E-state index contributed by atoms with van der Waals surface area (Å²) < 4.78 is 13.0. The van der Waals surface area contributed by atoms with Crippen LogP contribution in [-0.4, -0.2) is 23.7 Å². The minimum absolute atomic E-state index is 0.236. The second-order valence-electron chi connectivity index (χ2n) is 4.57. The van der Waals surface area contributed by atoms with Crippen molar-refractivity contribution in [3.05, 3.63) is 35.1 Å². The summed E-state index contributed by atoms with van der Waals surface area (Å²) in [5.74, 6) is -0.436. The molecule has 0 heterocycles. The molecular weight excluding hydrogens is 221 g/mol. The molecule has 0 aromatic heterocycles. The van der Waals surface area contributed by atoms with Gasteiger partial charge in [-0.15, -0.1) is 0 Å². The largest absolute Gasteiger partial charge is 0.391 e. The first-order valence-corrected chi connectivity index (χ1v) is 5.80. The third-order valence-electron chi connectivity index (χ3n) is 3.08. The smallest absolute Gasteiger partial charge is 0.251 e. The molecule has 2 rings (SSSR count). The van der Waals surface area contributed by atoms with E-state index < -0.39 is 11.9 Å². The van der Waals surface area contributed by atoms with Crippen LogP contribution in [0.15, 0.2) is 18.2 Å². The number of carbonyl (C=O) groups is 1. The van der Waals surface area contributed by atoms with E-state index in [1.54, 1.807) is 13.0 Å². The molecule has 0 spiro atoms. The van der Waals surface area contributed by atoms with Crippen molar-refractivity contribution in [2.75, 3.05) is 6.54 Å². The molecule has 0 aliphatic heterocycles. The molecule has 1 unspecified atom stereocenters. The van der Waals surface area contributed by atoms with Crippen molar-refractivity contribution in [1.29, 1.82) is 0 Å². The van der Waals surface area contributed by atoms with E-state index in [1.165, 1.54) is 12.1 Å². The second kappa shape index (κ2) is 4.84. The van der Waals surface area contributed by atoms with E-state index in [0.29, 0.717) is 11.5 Å². The van der Waals surface area contributed by atoms with Gasteiger partial charge in [0.15, 0.2) is 0 Å². The van der Waals surface area contributed by atoms with E-state index in [-0.39, 0.29) is 12.5 Å². The fourth-order valence-corrected chi connectivity index (χ4v) is 1.78. The number of halogens is 1. The Kier molecular flexibility index (Phi) is 3.43. The van der Waals surface area contributed by atoms with Crippen LogP contribution >= 0.6 is 0 Å². The molecular formula is C13H16FNO2. The van der Waals surface area contributed by atoms with Crippen LogP contribution in [0.3, 0.4) is 0 Å². The monoisotopic (exact) mass is 237 g/mol. The summed E-state index contributed by atoms with van der Waals surface area (Å²) in [6, 6.07) is 4.11. The number of amides is 1. The number of aryl methyl sites for hydroxylation is 1. The van der Waals surface area contributed by atoms with Crippen LogP contribution < -0.4 is 5.32 Å². The van der Waals surface area contributed by atoms with Crippen molar-refractivity contribution in [2.45, 2.75) is 25.9 Å². The summed E-state index contributed by atoms with van der Waals surface area (Å²) in [5, 5.41) is 12.3. The number of hydrogen-bond donors (Lipinski definition) is 2. The quantitative estimate of drug-likeness (QED) is 0.836. The van der Waals surface area contributed by atoms with Crippen LogP contribution in [0.4, 0.5) is 4.39 Å². The molecule has 1 atom stereocenters. The summed E-state index contributed by atoms with van der Waals surface area (Å²) in [6.45, 7) is 1.99. The molecule has 0 radical (unpaired) electrons. The molecule has 1 saturated carbocycles. The van der Waals surface area contributed by atoms with Gasteiger partial charge in [-0.1, -0.05) is 6.07 Å². The van der Waals surface area contributed by atoms with Gasteiger partial charge >= 0.3 is 0 Å². The summed E-state index contributed by atoms with van der Waals surface area (Å²) in [5.41, 5.74) is 1.05. The zero-order valence-corrected chi connectivity index (χ0v) is 9.74. The fraction of sp³-hybridized carbons (Fsp3) is 0.462. The van der Waals surface area contributed by atoms with Crippen molar-refractivity contribution < 1.29 is 14.3 Å². The highest BCUT2D eigenvalue weighted by atomic mass is 19.1. The average molecular weight is 237 g/mol. The molecule has 2 N–H and O–H groups in total. The predicted molar refractivity (Wildman–Crippen MR) is 62.2 cm³/mol. The first-order chi connectivity index (χ1) is 8.08. The van der Waals surface area contributed by atoms with Crippen molar-refractivity contribution >= 4 is 5.91 Å². The minimum atomic E-state index is -0.479. The highest BCUT2D eigenvalue weighted by Crippen LogP contribution is 2.32. The number of benzene rings is 1. The van der Waals surface area contributed by atoms with Gasteiger partial charge in [0.2, 0.25) is 0 Å². The lowest BCUT2D eigenvalue weighted by atomic mass is 10.1. The van der Waals surface area contributed by atoms with E-state index >= 15 is 0 Å². The molecule has 4 heteroatoms. The Bertz CT molecular complexity index is 429. The zero-order chi connectivity index (χ0) is 12.4. The van der Waals surface area contributed by atoms with E-state index in [4.69, 9.17) is 0 Å². The van der Waals surface area contributed by atoms with Gasteiger partial charge in [-0.25, -0.2) is 4.39 Å². The topological polar surface area (TPSA) is 49.3 Å². The van der Waals surface area contributed by atoms with Gasteiger partial charge in [0.05, 0.1) is 6.10 Å². The molecule has 1 aliphatic carbocycles. The number of rotatable bonds is 4. The highest BCUT2D eigenvalue weighted by Gasteiger charge is 2.29. The molecule has 1 aromatic rings. The third kappa shape index (κ3) is 3.03. The van der Waals surface area contributed by atoms with Gasteiger partial charge in [-0.3, -0.25) is 4.79 Å². The average Bonchev–Trinajstić information content (AvgIpc) is 3.12. The standard InChI is InChI=1S/C13H16FNO2/c1-8-2-5-10(14)6-11(8)13(17)15-7-12(16)9-3-4-9/h2,5-6,9,12,16H,3-4,7H2,1H3,(H,15,17). The van der Waals surface area contributed by atoms with Gasteiger partial charge in [0.25, 0.3) is 5.91 Å². The molecule has 3 nitrogen and oxygen atoms in total. The number of hydrogen-bond acceptors (Lipinski definition) is 2. The van der Waals surface area contributed by atoms with E-state index in [1.807, 2.05) is 0 Å². The number of nitrogens with one attached hydrogen (secondary N) is 1. The Hall–Kier alpha value is -1.42. The van der Waals surface area contributed by atoms with Crippen LogP contribution in [-0.2, 0) is 0 Å². The number of aliphatic hydroxyl groups excluding tert-OH is 1. The molecule has 1 aromatic carbocycles. The van der Waals surface area contributed by atoms with Crippen molar-refractivity contribution in [1.82, 2.24) is 5.32 Å². The van der Waals surface area contributed by atoms with Gasteiger partial charge in [-0.05, 0) is 43.4 Å². The molecule has 1 fully saturated rings. The molecule has 1 amide bonds. The van der Waals surface area contributed by atoms with Crippen LogP contribution in [0.5, 0.6) is 0 Å². The lowest BCUT2D eigenvalue weighted by Crippen LogP contribution is -2.33. The van der Waals surface area contributed by atoms with E-state index in [0.717, 1.165) is 18.4 Å². The SMILES string of the molecule is Cc1ccc(F)cc1C(=O)NCC(O)C1CC1. The fourth-order valence-electron chi connectivity index (χ4n) is 1.78. The van der Waals surface area contributed by atoms with Gasteiger partial charge < -0.3 is 10.4 Å². The van der Waals surface area contributed by atoms with E-state index in [9.17, 15) is 14.3 Å². The number of aliphatic hydroxyl groups is 1. The lowest BCUT2D eigenvalue weighted by molar-refractivity contribution is 0.0900. The van der Waals surface area contributed by atoms with Crippen molar-refractivity contribution in [3.8, 4) is 0 Å². The van der Waals surface area contributed by atoms with Gasteiger partial charge in [0, 0.05) is 12.1 Å². The Morgan fingerprint density at radius 3 is 2.94 bits per heavy atom. The Balaban J connectivity index is 1.96. The first-order valence-electron chi connectivity index (χ1n) is 5.80. The highest BCUT2D eigenvalue weighted by molar-refractivity contribution is 5.95. The number of carbonyl (C=O) groups excluding carboxylic acids is 1. The van der Waals surface area contributed by atoms with Gasteiger partial charge in [0.1, 0.15) is 5.82 Å².